The molecule has 0 aliphatic rings. The van der Waals surface area contributed by atoms with E-state index in [1.165, 1.54) is 0 Å². The Bertz CT molecular complexity index is 537. The molecule has 0 aliphatic carbocycles. The molecule has 0 radical (unpaired) electrons. The molecule has 3 N–H and O–H groups in total. The summed E-state index contributed by atoms with van der Waals surface area (Å²) >= 11 is 9.34. The number of rotatable bonds is 6. The number of aryl methyl sites for hydroxylation is 1. The largest absolute Gasteiger partial charge is 0.480 e. The van der Waals surface area contributed by atoms with Crippen molar-refractivity contribution in [1.82, 2.24) is 5.32 Å². The van der Waals surface area contributed by atoms with E-state index in [-0.39, 0.29) is 0 Å². The van der Waals surface area contributed by atoms with Crippen molar-refractivity contribution in [1.29, 1.82) is 0 Å². The zero-order valence-corrected chi connectivity index (χ0v) is 14.2. The average molecular weight is 378 g/mol. The number of hydrogen-bond donors (Lipinski definition) is 3. The Labute approximate surface area is 137 Å². The Morgan fingerprint density at radius 2 is 2.10 bits per heavy atom. The molecule has 1 aromatic carbocycles. The van der Waals surface area contributed by atoms with Crippen molar-refractivity contribution >= 4 is 45.2 Å². The van der Waals surface area contributed by atoms with Gasteiger partial charge in [-0.3, -0.25) is 0 Å². The molecule has 1 rings (SSSR count). The predicted molar refractivity (Wildman–Crippen MR) is 87.0 cm³/mol. The second kappa shape index (κ2) is 8.24. The number of halogens is 2. The molecule has 1 atom stereocenters. The Hall–Kier alpha value is -1.27. The van der Waals surface area contributed by atoms with Crippen LogP contribution < -0.4 is 10.6 Å². The highest BCUT2D eigenvalue weighted by Gasteiger charge is 2.19. The van der Waals surface area contributed by atoms with Crippen LogP contribution in [0.15, 0.2) is 16.6 Å². The van der Waals surface area contributed by atoms with E-state index < -0.39 is 18.0 Å². The number of nitrogens with one attached hydrogen (secondary N) is 2. The van der Waals surface area contributed by atoms with Gasteiger partial charge in [0.15, 0.2) is 0 Å². The normalized spacial score (nSPS) is 11.8. The maximum atomic E-state index is 11.9. The first kappa shape index (κ1) is 17.8. The first-order valence-corrected chi connectivity index (χ1v) is 7.78. The van der Waals surface area contributed by atoms with Gasteiger partial charge in [-0.2, -0.15) is 0 Å². The first-order valence-electron chi connectivity index (χ1n) is 6.61. The number of benzene rings is 1. The number of aliphatic carboxylic acids is 1. The van der Waals surface area contributed by atoms with Gasteiger partial charge in [-0.15, -0.1) is 0 Å². The van der Waals surface area contributed by atoms with Crippen molar-refractivity contribution in [3.8, 4) is 0 Å². The van der Waals surface area contributed by atoms with Crippen LogP contribution in [0.2, 0.25) is 5.02 Å². The van der Waals surface area contributed by atoms with Crippen LogP contribution in [0.25, 0.3) is 0 Å². The van der Waals surface area contributed by atoms with Crippen molar-refractivity contribution in [3.05, 3.63) is 27.2 Å². The highest BCUT2D eigenvalue weighted by molar-refractivity contribution is 9.10. The van der Waals surface area contributed by atoms with E-state index in [1.54, 1.807) is 12.1 Å². The summed E-state index contributed by atoms with van der Waals surface area (Å²) in [5, 5.41) is 14.6. The second-order valence-electron chi connectivity index (χ2n) is 4.71. The lowest BCUT2D eigenvalue weighted by Gasteiger charge is -2.16. The van der Waals surface area contributed by atoms with Crippen molar-refractivity contribution in [2.45, 2.75) is 39.2 Å². The van der Waals surface area contributed by atoms with Crippen LogP contribution in [0, 0.1) is 6.92 Å². The highest BCUT2D eigenvalue weighted by atomic mass is 79.9. The molecule has 0 saturated carbocycles. The SMILES string of the molecule is CCCCC(NC(=O)Nc1cc(Cl)c(C)cc1Br)C(=O)O. The number of carboxylic acid groups (broad SMARTS) is 1. The van der Waals surface area contributed by atoms with Crippen LogP contribution >= 0.6 is 27.5 Å². The van der Waals surface area contributed by atoms with Crippen LogP contribution in [0.1, 0.15) is 31.7 Å². The van der Waals surface area contributed by atoms with E-state index in [9.17, 15) is 9.59 Å². The molecular weight excluding hydrogens is 360 g/mol. The summed E-state index contributed by atoms with van der Waals surface area (Å²) in [6.45, 7) is 3.81. The Kier molecular flexibility index (Phi) is 6.98. The molecule has 0 spiro atoms. The van der Waals surface area contributed by atoms with E-state index in [0.29, 0.717) is 21.6 Å². The molecule has 0 heterocycles. The number of amides is 2. The quantitative estimate of drug-likeness (QED) is 0.696. The van der Waals surface area contributed by atoms with Crippen LogP contribution in [-0.2, 0) is 4.79 Å². The minimum absolute atomic E-state index is 0.398. The summed E-state index contributed by atoms with van der Waals surface area (Å²) < 4.78 is 0.681. The summed E-state index contributed by atoms with van der Waals surface area (Å²) in [4.78, 5) is 23.0. The zero-order valence-electron chi connectivity index (χ0n) is 11.9. The van der Waals surface area contributed by atoms with Gasteiger partial charge in [0, 0.05) is 9.50 Å². The van der Waals surface area contributed by atoms with Crippen molar-refractivity contribution in [2.24, 2.45) is 0 Å². The van der Waals surface area contributed by atoms with Crippen molar-refractivity contribution in [3.63, 3.8) is 0 Å². The molecule has 5 nitrogen and oxygen atoms in total. The second-order valence-corrected chi connectivity index (χ2v) is 5.97. The molecule has 7 heteroatoms. The highest BCUT2D eigenvalue weighted by Crippen LogP contribution is 2.29. The van der Waals surface area contributed by atoms with E-state index in [4.69, 9.17) is 16.7 Å². The summed E-state index contributed by atoms with van der Waals surface area (Å²) in [7, 11) is 0. The third-order valence-electron chi connectivity index (χ3n) is 2.95. The van der Waals surface area contributed by atoms with E-state index in [1.807, 2.05) is 13.8 Å². The molecular formula is C14H18BrClN2O3. The predicted octanol–water partition coefficient (Wildman–Crippen LogP) is 4.18. The molecule has 0 saturated heterocycles. The maximum absolute atomic E-state index is 11.9. The van der Waals surface area contributed by atoms with Crippen LogP contribution in [0.4, 0.5) is 10.5 Å². The fourth-order valence-corrected chi connectivity index (χ4v) is 2.44. The third kappa shape index (κ3) is 5.55. The number of carbonyl (C=O) groups excluding carboxylic acids is 1. The molecule has 1 aromatic rings. The summed E-state index contributed by atoms with van der Waals surface area (Å²) in [6.07, 6.45) is 2.00. The first-order chi connectivity index (χ1) is 9.85. The molecule has 116 valence electrons. The monoisotopic (exact) mass is 376 g/mol. The number of unbranched alkanes of at least 4 members (excludes halogenated alkanes) is 1. The Balaban J connectivity index is 2.72. The summed E-state index contributed by atoms with van der Waals surface area (Å²) in [5.41, 5.74) is 1.36. The van der Waals surface area contributed by atoms with Gasteiger partial charge >= 0.3 is 12.0 Å². The van der Waals surface area contributed by atoms with Gasteiger partial charge < -0.3 is 15.7 Å². The van der Waals surface area contributed by atoms with Crippen LogP contribution in [-0.4, -0.2) is 23.1 Å². The third-order valence-corrected chi connectivity index (χ3v) is 4.01. The van der Waals surface area contributed by atoms with E-state index in [2.05, 4.69) is 26.6 Å². The van der Waals surface area contributed by atoms with Gasteiger partial charge in [0.25, 0.3) is 0 Å². The smallest absolute Gasteiger partial charge is 0.326 e. The lowest BCUT2D eigenvalue weighted by atomic mass is 10.1. The molecule has 0 bridgehead atoms. The fourth-order valence-electron chi connectivity index (χ4n) is 1.72. The maximum Gasteiger partial charge on any atom is 0.326 e. The van der Waals surface area contributed by atoms with Gasteiger partial charge in [0.1, 0.15) is 6.04 Å². The number of anilines is 1. The van der Waals surface area contributed by atoms with Crippen molar-refractivity contribution in [2.75, 3.05) is 5.32 Å². The number of carbonyl (C=O) groups is 2. The number of urea groups is 1. The minimum Gasteiger partial charge on any atom is -0.480 e. The standard InChI is InChI=1S/C14H18BrClN2O3/c1-3-4-5-11(13(19)20)17-14(21)18-12-7-10(16)8(2)6-9(12)15/h6-7,11H,3-5H2,1-2H3,(H,19,20)(H2,17,18,21). The summed E-state index contributed by atoms with van der Waals surface area (Å²) in [5.74, 6) is -1.04. The molecule has 0 fully saturated rings. The van der Waals surface area contributed by atoms with Gasteiger partial charge in [0.05, 0.1) is 5.69 Å². The fraction of sp³-hybridized carbons (Fsp3) is 0.429. The topological polar surface area (TPSA) is 78.4 Å². The Morgan fingerprint density at radius 1 is 1.43 bits per heavy atom. The van der Waals surface area contributed by atoms with E-state index in [0.717, 1.165) is 18.4 Å². The van der Waals surface area contributed by atoms with E-state index >= 15 is 0 Å². The Morgan fingerprint density at radius 3 is 2.67 bits per heavy atom. The molecule has 0 aliphatic heterocycles. The lowest BCUT2D eigenvalue weighted by molar-refractivity contribution is -0.139. The van der Waals surface area contributed by atoms with Crippen molar-refractivity contribution < 1.29 is 14.7 Å². The average Bonchev–Trinajstić information content (AvgIpc) is 2.40. The van der Waals surface area contributed by atoms with Gasteiger partial charge in [-0.05, 0) is 47.0 Å². The number of hydrogen-bond acceptors (Lipinski definition) is 2. The molecule has 1 unspecified atom stereocenters. The van der Waals surface area contributed by atoms with Gasteiger partial charge in [-0.1, -0.05) is 31.4 Å². The molecule has 21 heavy (non-hydrogen) atoms. The van der Waals surface area contributed by atoms with Crippen LogP contribution in [0.5, 0.6) is 0 Å². The number of carboxylic acids is 1. The zero-order chi connectivity index (χ0) is 16.0. The summed E-state index contributed by atoms with van der Waals surface area (Å²) in [6, 6.07) is 1.93. The van der Waals surface area contributed by atoms with Gasteiger partial charge in [-0.25, -0.2) is 9.59 Å². The molecule has 2 amide bonds. The van der Waals surface area contributed by atoms with Crippen LogP contribution in [0.3, 0.4) is 0 Å². The molecule has 0 aromatic heterocycles. The van der Waals surface area contributed by atoms with Gasteiger partial charge in [0.2, 0.25) is 0 Å². The minimum atomic E-state index is -1.04. The lowest BCUT2D eigenvalue weighted by Crippen LogP contribution is -2.43.